The van der Waals surface area contributed by atoms with E-state index < -0.39 is 17.3 Å². The maximum Gasteiger partial charge on any atom is 0.416 e. The molecule has 0 aliphatic carbocycles. The molecule has 1 amide bonds. The normalized spacial score (nSPS) is 25.1. The third-order valence-corrected chi connectivity index (χ3v) is 5.63. The molecule has 2 aliphatic heterocycles. The fourth-order valence-electron chi connectivity index (χ4n) is 4.09. The maximum absolute atomic E-state index is 12.8. The van der Waals surface area contributed by atoms with Gasteiger partial charge in [-0.2, -0.15) is 13.2 Å². The Balaban J connectivity index is 1.61. The van der Waals surface area contributed by atoms with E-state index in [4.69, 9.17) is 0 Å². The molecule has 8 heteroatoms. The molecule has 2 fully saturated rings. The van der Waals surface area contributed by atoms with E-state index in [-0.39, 0.29) is 11.9 Å². The first-order valence-electron chi connectivity index (χ1n) is 9.24. The average Bonchev–Trinajstić information content (AvgIpc) is 3.21. The third kappa shape index (κ3) is 3.26. The number of nitrogens with zero attached hydrogens (tertiary/aromatic N) is 3. The molecule has 1 N–H and O–H groups in total. The SMILES string of the molecule is Cc1cc(-c2ccc(C(F)(F)F)cc2)nc(C2CC[C@@]3(CCN(C)C3=O)N2)n1. The molecule has 3 heterocycles. The zero-order valence-corrected chi connectivity index (χ0v) is 15.7. The van der Waals surface area contributed by atoms with Crippen molar-refractivity contribution in [2.45, 2.75) is 43.9 Å². The van der Waals surface area contributed by atoms with Crippen LogP contribution in [0, 0.1) is 6.92 Å². The van der Waals surface area contributed by atoms with Gasteiger partial charge in [0.05, 0.1) is 17.3 Å². The van der Waals surface area contributed by atoms with Crippen molar-refractivity contribution in [2.75, 3.05) is 13.6 Å². The summed E-state index contributed by atoms with van der Waals surface area (Å²) in [5, 5.41) is 3.43. The number of nitrogens with one attached hydrogen (secondary N) is 1. The van der Waals surface area contributed by atoms with Crippen LogP contribution < -0.4 is 5.32 Å². The van der Waals surface area contributed by atoms with Crippen molar-refractivity contribution < 1.29 is 18.0 Å². The Kier molecular flexibility index (Phi) is 4.41. The van der Waals surface area contributed by atoms with Crippen molar-refractivity contribution in [3.8, 4) is 11.3 Å². The quantitative estimate of drug-likeness (QED) is 0.853. The van der Waals surface area contributed by atoms with Gasteiger partial charge in [0.2, 0.25) is 5.91 Å². The summed E-state index contributed by atoms with van der Waals surface area (Å²) >= 11 is 0. The van der Waals surface area contributed by atoms with Crippen LogP contribution in [0.2, 0.25) is 0 Å². The van der Waals surface area contributed by atoms with E-state index in [1.54, 1.807) is 18.0 Å². The molecule has 0 bridgehead atoms. The highest BCUT2D eigenvalue weighted by atomic mass is 19.4. The summed E-state index contributed by atoms with van der Waals surface area (Å²) in [5.41, 5.74) is 0.683. The van der Waals surface area contributed by atoms with Crippen LogP contribution in [0.4, 0.5) is 13.2 Å². The second-order valence-corrected chi connectivity index (χ2v) is 7.62. The lowest BCUT2D eigenvalue weighted by Crippen LogP contribution is -2.47. The summed E-state index contributed by atoms with van der Waals surface area (Å²) in [6.07, 6.45) is -2.13. The molecule has 2 saturated heterocycles. The smallest absolute Gasteiger partial charge is 0.344 e. The standard InChI is InChI=1S/C20H21F3N4O/c1-12-11-16(13-3-5-14(6-4-13)20(21,22)23)25-17(24-12)15-7-8-19(26-15)9-10-27(2)18(19)28/h3-6,11,15,26H,7-10H2,1-2H3/t15?,19-/m0/s1. The van der Waals surface area contributed by atoms with Gasteiger partial charge < -0.3 is 4.90 Å². The molecule has 1 aromatic carbocycles. The van der Waals surface area contributed by atoms with Crippen LogP contribution in [0.1, 0.15) is 42.4 Å². The van der Waals surface area contributed by atoms with Crippen LogP contribution in [0.3, 0.4) is 0 Å². The number of benzene rings is 1. The van der Waals surface area contributed by atoms with E-state index in [1.807, 2.05) is 6.92 Å². The van der Waals surface area contributed by atoms with E-state index in [2.05, 4.69) is 15.3 Å². The first-order chi connectivity index (χ1) is 13.2. The van der Waals surface area contributed by atoms with Crippen molar-refractivity contribution in [1.82, 2.24) is 20.2 Å². The van der Waals surface area contributed by atoms with Crippen LogP contribution in [0.5, 0.6) is 0 Å². The Morgan fingerprint density at radius 2 is 1.89 bits per heavy atom. The first-order valence-corrected chi connectivity index (χ1v) is 9.24. The molecule has 148 valence electrons. The molecular weight excluding hydrogens is 369 g/mol. The van der Waals surface area contributed by atoms with Crippen LogP contribution in [-0.4, -0.2) is 39.9 Å². The van der Waals surface area contributed by atoms with Gasteiger partial charge in [0, 0.05) is 24.8 Å². The molecule has 2 atom stereocenters. The predicted octanol–water partition coefficient (Wildman–Crippen LogP) is 3.50. The molecule has 2 aromatic rings. The van der Waals surface area contributed by atoms with Gasteiger partial charge in [-0.25, -0.2) is 9.97 Å². The summed E-state index contributed by atoms with van der Waals surface area (Å²) < 4.78 is 38.4. The molecule has 0 saturated carbocycles. The number of rotatable bonds is 2. The van der Waals surface area contributed by atoms with Crippen molar-refractivity contribution in [3.05, 3.63) is 47.4 Å². The van der Waals surface area contributed by atoms with Gasteiger partial charge in [-0.3, -0.25) is 10.1 Å². The van der Waals surface area contributed by atoms with Gasteiger partial charge >= 0.3 is 6.18 Å². The lowest BCUT2D eigenvalue weighted by Gasteiger charge is -2.23. The molecule has 28 heavy (non-hydrogen) atoms. The Hall–Kier alpha value is -2.48. The van der Waals surface area contributed by atoms with E-state index >= 15 is 0 Å². The van der Waals surface area contributed by atoms with Gasteiger partial charge in [-0.1, -0.05) is 12.1 Å². The van der Waals surface area contributed by atoms with Crippen LogP contribution in [0.25, 0.3) is 11.3 Å². The zero-order chi connectivity index (χ0) is 20.1. The van der Waals surface area contributed by atoms with E-state index in [1.165, 1.54) is 12.1 Å². The highest BCUT2D eigenvalue weighted by molar-refractivity contribution is 5.88. The Morgan fingerprint density at radius 3 is 2.50 bits per heavy atom. The Morgan fingerprint density at radius 1 is 1.18 bits per heavy atom. The van der Waals surface area contributed by atoms with Gasteiger partial charge in [-0.05, 0) is 44.4 Å². The second-order valence-electron chi connectivity index (χ2n) is 7.62. The summed E-state index contributed by atoms with van der Waals surface area (Å²) in [6.45, 7) is 2.56. The lowest BCUT2D eigenvalue weighted by molar-refractivity contribution is -0.137. The highest BCUT2D eigenvalue weighted by Crippen LogP contribution is 2.38. The largest absolute Gasteiger partial charge is 0.416 e. The predicted molar refractivity (Wildman–Crippen MR) is 97.3 cm³/mol. The van der Waals surface area contributed by atoms with E-state index in [0.29, 0.717) is 17.1 Å². The van der Waals surface area contributed by atoms with Gasteiger partial charge in [-0.15, -0.1) is 0 Å². The maximum atomic E-state index is 12.8. The van der Waals surface area contributed by atoms with Gasteiger partial charge in [0.25, 0.3) is 0 Å². The second kappa shape index (κ2) is 6.55. The number of carbonyl (C=O) groups excluding carboxylic acids is 1. The lowest BCUT2D eigenvalue weighted by atomic mass is 9.96. The summed E-state index contributed by atoms with van der Waals surface area (Å²) in [7, 11) is 1.80. The monoisotopic (exact) mass is 390 g/mol. The Bertz CT molecular complexity index is 913. The summed E-state index contributed by atoms with van der Waals surface area (Å²) in [4.78, 5) is 23.4. The number of likely N-dealkylation sites (tertiary alicyclic amines) is 1. The molecule has 4 rings (SSSR count). The first kappa shape index (κ1) is 18.9. The van der Waals surface area contributed by atoms with Gasteiger partial charge in [0.1, 0.15) is 11.4 Å². The minimum Gasteiger partial charge on any atom is -0.344 e. The molecule has 1 spiro atoms. The van der Waals surface area contributed by atoms with Crippen molar-refractivity contribution in [3.63, 3.8) is 0 Å². The number of carbonyl (C=O) groups is 1. The number of hydrogen-bond donors (Lipinski definition) is 1. The number of halogens is 3. The van der Waals surface area contributed by atoms with Crippen molar-refractivity contribution in [2.24, 2.45) is 0 Å². The molecule has 2 aliphatic rings. The Labute approximate surface area is 161 Å². The number of aryl methyl sites for hydroxylation is 1. The van der Waals surface area contributed by atoms with E-state index in [0.717, 1.165) is 43.6 Å². The molecule has 1 aromatic heterocycles. The molecule has 5 nitrogen and oxygen atoms in total. The molecule has 1 unspecified atom stereocenters. The summed E-state index contributed by atoms with van der Waals surface area (Å²) in [6, 6.07) is 6.57. The van der Waals surface area contributed by atoms with Crippen molar-refractivity contribution in [1.29, 1.82) is 0 Å². The zero-order valence-electron chi connectivity index (χ0n) is 15.7. The van der Waals surface area contributed by atoms with Crippen LogP contribution in [0.15, 0.2) is 30.3 Å². The minimum absolute atomic E-state index is 0.102. The minimum atomic E-state index is -4.37. The fraction of sp³-hybridized carbons (Fsp3) is 0.450. The number of aromatic nitrogens is 2. The number of likely N-dealkylation sites (N-methyl/N-ethyl adjacent to an activating group) is 1. The topological polar surface area (TPSA) is 58.1 Å². The molecular formula is C20H21F3N4O. The summed E-state index contributed by atoms with van der Waals surface area (Å²) in [5.74, 6) is 0.680. The third-order valence-electron chi connectivity index (χ3n) is 5.63. The van der Waals surface area contributed by atoms with Gasteiger partial charge in [0.15, 0.2) is 0 Å². The average molecular weight is 390 g/mol. The number of hydrogen-bond acceptors (Lipinski definition) is 4. The fourth-order valence-corrected chi connectivity index (χ4v) is 4.09. The highest BCUT2D eigenvalue weighted by Gasteiger charge is 2.50. The number of amides is 1. The van der Waals surface area contributed by atoms with Crippen LogP contribution in [-0.2, 0) is 11.0 Å². The number of alkyl halides is 3. The van der Waals surface area contributed by atoms with Crippen LogP contribution >= 0.6 is 0 Å². The van der Waals surface area contributed by atoms with Crippen molar-refractivity contribution >= 4 is 5.91 Å². The van der Waals surface area contributed by atoms with E-state index in [9.17, 15) is 18.0 Å². The molecule has 0 radical (unpaired) electrons.